The highest BCUT2D eigenvalue weighted by molar-refractivity contribution is 5.09. The van der Waals surface area contributed by atoms with Crippen molar-refractivity contribution in [2.75, 3.05) is 6.61 Å². The van der Waals surface area contributed by atoms with Crippen LogP contribution in [0.2, 0.25) is 0 Å². The Morgan fingerprint density at radius 1 is 1.06 bits per heavy atom. The van der Waals surface area contributed by atoms with Crippen LogP contribution in [0.1, 0.15) is 65.2 Å². The molecule has 17 heavy (non-hydrogen) atoms. The highest BCUT2D eigenvalue weighted by Crippen LogP contribution is 2.54. The third-order valence-electron chi connectivity index (χ3n) is 6.14. The molecule has 2 atom stereocenters. The lowest BCUT2D eigenvalue weighted by Crippen LogP contribution is -2.59. The molecule has 2 N–H and O–H groups in total. The minimum Gasteiger partial charge on any atom is -0.375 e. The molecule has 2 heteroatoms. The number of rotatable bonds is 1. The molecule has 0 aromatic rings. The fraction of sp³-hybridized carbons (Fsp3) is 1.00. The summed E-state index contributed by atoms with van der Waals surface area (Å²) in [6.45, 7) is 5.70. The van der Waals surface area contributed by atoms with Crippen LogP contribution < -0.4 is 5.73 Å². The van der Waals surface area contributed by atoms with Crippen LogP contribution >= 0.6 is 0 Å². The maximum Gasteiger partial charge on any atom is 0.0686 e. The van der Waals surface area contributed by atoms with Crippen molar-refractivity contribution in [3.63, 3.8) is 0 Å². The Bertz CT molecular complexity index is 308. The van der Waals surface area contributed by atoms with Gasteiger partial charge in [-0.2, -0.15) is 0 Å². The summed E-state index contributed by atoms with van der Waals surface area (Å²) in [6, 6.07) is 0. The molecule has 2 unspecified atom stereocenters. The predicted octanol–water partition coefficient (Wildman–Crippen LogP) is 3.24. The van der Waals surface area contributed by atoms with Crippen LogP contribution in [0.3, 0.4) is 0 Å². The summed E-state index contributed by atoms with van der Waals surface area (Å²) in [4.78, 5) is 0. The molecule has 3 fully saturated rings. The van der Waals surface area contributed by atoms with E-state index in [4.69, 9.17) is 10.5 Å². The average molecular weight is 237 g/mol. The Kier molecular flexibility index (Phi) is 2.61. The van der Waals surface area contributed by atoms with Crippen molar-refractivity contribution >= 4 is 0 Å². The van der Waals surface area contributed by atoms with Gasteiger partial charge in [0.15, 0.2) is 0 Å². The Morgan fingerprint density at radius 2 is 1.76 bits per heavy atom. The van der Waals surface area contributed by atoms with Crippen molar-refractivity contribution < 1.29 is 4.74 Å². The van der Waals surface area contributed by atoms with E-state index in [0.29, 0.717) is 11.3 Å². The molecule has 0 amide bonds. The maximum absolute atomic E-state index is 6.86. The molecule has 0 aromatic carbocycles. The highest BCUT2D eigenvalue weighted by atomic mass is 16.5. The SMILES string of the molecule is CC1(C)CCCC1(N)C1CCOC2(CCC2)C1. The van der Waals surface area contributed by atoms with Gasteiger partial charge in [-0.3, -0.25) is 0 Å². The molecule has 1 saturated heterocycles. The quantitative estimate of drug-likeness (QED) is 0.760. The maximum atomic E-state index is 6.86. The fourth-order valence-corrected chi connectivity index (χ4v) is 4.54. The first kappa shape index (κ1) is 12.0. The predicted molar refractivity (Wildman–Crippen MR) is 69.8 cm³/mol. The Hall–Kier alpha value is -0.0800. The third-order valence-corrected chi connectivity index (χ3v) is 6.14. The van der Waals surface area contributed by atoms with Crippen LogP contribution in [0.4, 0.5) is 0 Å². The first-order valence-corrected chi connectivity index (χ1v) is 7.40. The number of nitrogens with two attached hydrogens (primary N) is 1. The van der Waals surface area contributed by atoms with Crippen LogP contribution in [0.15, 0.2) is 0 Å². The van der Waals surface area contributed by atoms with Crippen molar-refractivity contribution in [1.82, 2.24) is 0 Å². The van der Waals surface area contributed by atoms with E-state index >= 15 is 0 Å². The molecule has 98 valence electrons. The van der Waals surface area contributed by atoms with Gasteiger partial charge in [-0.15, -0.1) is 0 Å². The summed E-state index contributed by atoms with van der Waals surface area (Å²) in [5.74, 6) is 0.689. The van der Waals surface area contributed by atoms with Crippen molar-refractivity contribution in [3.05, 3.63) is 0 Å². The zero-order chi connectivity index (χ0) is 12.1. The highest BCUT2D eigenvalue weighted by Gasteiger charge is 2.54. The molecule has 1 aliphatic heterocycles. The van der Waals surface area contributed by atoms with Crippen molar-refractivity contribution in [2.45, 2.75) is 76.4 Å². The molecular formula is C15H27NO. The van der Waals surface area contributed by atoms with E-state index in [-0.39, 0.29) is 11.1 Å². The van der Waals surface area contributed by atoms with Gasteiger partial charge < -0.3 is 10.5 Å². The van der Waals surface area contributed by atoms with Crippen LogP contribution in [0.25, 0.3) is 0 Å². The molecule has 2 aliphatic carbocycles. The molecule has 0 aromatic heterocycles. The van der Waals surface area contributed by atoms with E-state index in [1.165, 1.54) is 51.4 Å². The van der Waals surface area contributed by atoms with Gasteiger partial charge >= 0.3 is 0 Å². The lowest BCUT2D eigenvalue weighted by atomic mass is 9.61. The second kappa shape index (κ2) is 3.71. The molecule has 3 aliphatic rings. The zero-order valence-electron chi connectivity index (χ0n) is 11.4. The van der Waals surface area contributed by atoms with Gasteiger partial charge in [0.25, 0.3) is 0 Å². The van der Waals surface area contributed by atoms with Crippen molar-refractivity contribution in [3.8, 4) is 0 Å². The lowest BCUT2D eigenvalue weighted by Gasteiger charge is -2.53. The summed E-state index contributed by atoms with van der Waals surface area (Å²) >= 11 is 0. The molecule has 2 saturated carbocycles. The van der Waals surface area contributed by atoms with Gasteiger partial charge in [-0.1, -0.05) is 20.3 Å². The third kappa shape index (κ3) is 1.67. The van der Waals surface area contributed by atoms with Crippen LogP contribution in [0, 0.1) is 11.3 Å². The number of hydrogen-bond acceptors (Lipinski definition) is 2. The average Bonchev–Trinajstić information content (AvgIpc) is 2.53. The van der Waals surface area contributed by atoms with Gasteiger partial charge in [0, 0.05) is 12.1 Å². The van der Waals surface area contributed by atoms with Gasteiger partial charge in [0.1, 0.15) is 0 Å². The first-order valence-electron chi connectivity index (χ1n) is 7.40. The molecule has 0 radical (unpaired) electrons. The number of ether oxygens (including phenoxy) is 1. The van der Waals surface area contributed by atoms with E-state index in [0.717, 1.165) is 6.61 Å². The second-order valence-electron chi connectivity index (χ2n) is 7.35. The van der Waals surface area contributed by atoms with E-state index in [9.17, 15) is 0 Å². The fourth-order valence-electron chi connectivity index (χ4n) is 4.54. The molecule has 3 rings (SSSR count). The standard InChI is InChI=1S/C15H27NO/c1-13(2)6-3-9-15(13,16)12-5-10-17-14(11-12)7-4-8-14/h12H,3-11,16H2,1-2H3. The zero-order valence-corrected chi connectivity index (χ0v) is 11.4. The van der Waals surface area contributed by atoms with Crippen molar-refractivity contribution in [2.24, 2.45) is 17.1 Å². The van der Waals surface area contributed by atoms with E-state index in [1.807, 2.05) is 0 Å². The Labute approximate surface area is 105 Å². The summed E-state index contributed by atoms with van der Waals surface area (Å²) in [5, 5.41) is 0. The van der Waals surface area contributed by atoms with Gasteiger partial charge in [0.05, 0.1) is 5.60 Å². The minimum atomic E-state index is 0.0688. The van der Waals surface area contributed by atoms with E-state index in [1.54, 1.807) is 0 Å². The largest absolute Gasteiger partial charge is 0.375 e. The van der Waals surface area contributed by atoms with Crippen LogP contribution in [0.5, 0.6) is 0 Å². The summed E-state index contributed by atoms with van der Waals surface area (Å²) in [6.07, 6.45) is 10.2. The van der Waals surface area contributed by atoms with Gasteiger partial charge in [-0.25, -0.2) is 0 Å². The Morgan fingerprint density at radius 3 is 2.29 bits per heavy atom. The van der Waals surface area contributed by atoms with E-state index < -0.39 is 0 Å². The van der Waals surface area contributed by atoms with Crippen LogP contribution in [-0.4, -0.2) is 17.7 Å². The van der Waals surface area contributed by atoms with E-state index in [2.05, 4.69) is 13.8 Å². The summed E-state index contributed by atoms with van der Waals surface area (Å²) in [7, 11) is 0. The lowest BCUT2D eigenvalue weighted by molar-refractivity contribution is -0.157. The second-order valence-corrected chi connectivity index (χ2v) is 7.35. The van der Waals surface area contributed by atoms with Crippen molar-refractivity contribution in [1.29, 1.82) is 0 Å². The number of hydrogen-bond donors (Lipinski definition) is 1. The van der Waals surface area contributed by atoms with Gasteiger partial charge in [-0.05, 0) is 56.3 Å². The minimum absolute atomic E-state index is 0.0688. The monoisotopic (exact) mass is 237 g/mol. The summed E-state index contributed by atoms with van der Waals surface area (Å²) in [5.41, 5.74) is 7.49. The smallest absolute Gasteiger partial charge is 0.0686 e. The topological polar surface area (TPSA) is 35.2 Å². The Balaban J connectivity index is 1.79. The normalized spacial score (nSPS) is 43.6. The molecule has 1 heterocycles. The van der Waals surface area contributed by atoms with Crippen LogP contribution in [-0.2, 0) is 4.74 Å². The first-order chi connectivity index (χ1) is 7.98. The summed E-state index contributed by atoms with van der Waals surface area (Å²) < 4.78 is 6.05. The molecular weight excluding hydrogens is 210 g/mol. The molecule has 0 bridgehead atoms. The molecule has 2 nitrogen and oxygen atoms in total. The van der Waals surface area contributed by atoms with Gasteiger partial charge in [0.2, 0.25) is 0 Å². The molecule has 1 spiro atoms.